The van der Waals surface area contributed by atoms with Crippen LogP contribution >= 0.6 is 25.6 Å². The van der Waals surface area contributed by atoms with E-state index in [2.05, 4.69) is 8.47 Å². The van der Waals surface area contributed by atoms with E-state index in [0.717, 1.165) is 0 Å². The second kappa shape index (κ2) is 9.91. The van der Waals surface area contributed by atoms with Gasteiger partial charge in [0, 0.05) is 18.7 Å². The van der Waals surface area contributed by atoms with Crippen molar-refractivity contribution in [1.29, 1.82) is 2.25 Å². The van der Waals surface area contributed by atoms with Crippen molar-refractivity contribution >= 4 is 37.3 Å². The highest BCUT2D eigenvalue weighted by molar-refractivity contribution is 7.75. The Kier molecular flexibility index (Phi) is 7.55. The van der Waals surface area contributed by atoms with Crippen LogP contribution in [-0.4, -0.2) is 33.8 Å². The average molecular weight is 273 g/mol. The van der Waals surface area contributed by atoms with Gasteiger partial charge in [0.2, 0.25) is 5.91 Å². The average Bonchev–Trinajstić information content (AvgIpc) is 2.38. The molecule has 94 valence electrons. The molecule has 0 spiro atoms. The predicted octanol–water partition coefficient (Wildman–Crippen LogP) is 0.352. The molecule has 0 aromatic rings. The van der Waals surface area contributed by atoms with Crippen LogP contribution in [0.1, 0.15) is 13.3 Å². The molecule has 0 aliphatic rings. The first kappa shape index (κ1) is 12.2. The number of hydrogen-bond acceptors (Lipinski definition) is 7. The van der Waals surface area contributed by atoms with E-state index in [4.69, 9.17) is 6.98 Å². The molecule has 0 saturated heterocycles. The number of thiol groups is 2. The number of hydrogen-bond donors (Lipinski definition) is 3. The molecule has 6 nitrogen and oxygen atoms in total. The molecule has 1 atom stereocenters. The zero-order chi connectivity index (χ0) is 13.8. The van der Waals surface area contributed by atoms with E-state index < -0.39 is 5.91 Å². The summed E-state index contributed by atoms with van der Waals surface area (Å²) < 4.78 is 27.2. The van der Waals surface area contributed by atoms with Crippen LogP contribution in [0.4, 0.5) is 0 Å². The molecule has 8 heteroatoms. The quantitative estimate of drug-likeness (QED) is 0.219. The van der Waals surface area contributed by atoms with Crippen molar-refractivity contribution in [1.82, 2.24) is 5.48 Å². The Morgan fingerprint density at radius 2 is 2.31 bits per heavy atom. The lowest BCUT2D eigenvalue weighted by molar-refractivity contribution is -0.128. The molecule has 0 aliphatic carbocycles. The second-order valence-corrected chi connectivity index (χ2v) is 3.47. The van der Waals surface area contributed by atoms with Crippen molar-refractivity contribution in [3.8, 4) is 0 Å². The Hall–Kier alpha value is -0.280. The van der Waals surface area contributed by atoms with Gasteiger partial charge < -0.3 is 8.92 Å². The molecule has 1 unspecified atom stereocenters. The molecule has 0 aromatic carbocycles. The van der Waals surface area contributed by atoms with Gasteiger partial charge in [0.05, 0.1) is 19.6 Å². The van der Waals surface area contributed by atoms with E-state index in [1.807, 2.05) is 5.48 Å². The van der Waals surface area contributed by atoms with Gasteiger partial charge in [0.1, 0.15) is 8.85 Å². The van der Waals surface area contributed by atoms with E-state index in [9.17, 15) is 9.59 Å². The number of Topliss-reactive ketones (excluding diaryl/α,β-unsaturated/α-hetero) is 1. The Morgan fingerprint density at radius 3 is 3.00 bits per heavy atom. The minimum absolute atomic E-state index is 0.0839. The summed E-state index contributed by atoms with van der Waals surface area (Å²) in [5.41, 5.74) is 2.02. The van der Waals surface area contributed by atoms with Crippen molar-refractivity contribution in [3.63, 3.8) is 0 Å². The van der Waals surface area contributed by atoms with Gasteiger partial charge in [-0.1, -0.05) is 6.92 Å². The predicted molar refractivity (Wildman–Crippen MR) is 62.8 cm³/mol. The lowest BCUT2D eigenvalue weighted by Crippen LogP contribution is -2.24. The molecule has 0 saturated carbocycles. The van der Waals surface area contributed by atoms with Crippen LogP contribution in [0.15, 0.2) is 0 Å². The molecule has 0 aliphatic heterocycles. The van der Waals surface area contributed by atoms with E-state index in [-0.39, 0.29) is 50.8 Å². The lowest BCUT2D eigenvalue weighted by Gasteiger charge is -2.09. The molecule has 1 N–H and O–H groups in total. The van der Waals surface area contributed by atoms with Gasteiger partial charge in [0.15, 0.2) is 5.78 Å². The topological polar surface area (TPSA) is 73.9 Å². The normalized spacial score (nSPS) is 13.8. The molecule has 16 heavy (non-hydrogen) atoms. The molecular weight excluding hydrogens is 254 g/mol. The maximum Gasteiger partial charge on any atom is 0.246 e. The van der Waals surface area contributed by atoms with Crippen molar-refractivity contribution in [3.05, 3.63) is 0 Å². The molecule has 0 fully saturated rings. The van der Waals surface area contributed by atoms with Crippen LogP contribution < -0.4 is 5.48 Å². The van der Waals surface area contributed by atoms with Crippen LogP contribution in [-0.2, 0) is 22.8 Å². The van der Waals surface area contributed by atoms with E-state index in [1.165, 1.54) is 0 Å². The van der Waals surface area contributed by atoms with Gasteiger partial charge in [-0.25, -0.2) is 9.76 Å². The Balaban J connectivity index is 3.53. The SMILES string of the molecule is [3H]SOCC(=O)C(C)COCCC(=O)NOS[3H]. The van der Waals surface area contributed by atoms with Crippen LogP contribution in [0.25, 0.3) is 0 Å². The molecule has 0 bridgehead atoms. The molecule has 0 aromatic heterocycles. The van der Waals surface area contributed by atoms with Gasteiger partial charge in [0.25, 0.3) is 0 Å². The number of hydroxylamine groups is 1. The number of carbonyl (C=O) groups excluding carboxylic acids is 2. The minimum atomic E-state index is -0.400. The summed E-state index contributed by atoms with van der Waals surface area (Å²) in [5, 5.41) is 0. The maximum atomic E-state index is 11.3. The third kappa shape index (κ3) is 7.94. The van der Waals surface area contributed by atoms with Crippen LogP contribution in [0, 0.1) is 5.92 Å². The summed E-state index contributed by atoms with van der Waals surface area (Å²) in [6.45, 7) is 1.89. The highest BCUT2D eigenvalue weighted by Crippen LogP contribution is 2.00. The summed E-state index contributed by atoms with van der Waals surface area (Å²) in [7, 11) is 0. The summed E-state index contributed by atoms with van der Waals surface area (Å²) >= 11 is 0.678. The minimum Gasteiger partial charge on any atom is -0.380 e. The number of ketones is 1. The Morgan fingerprint density at radius 1 is 1.50 bits per heavy atom. The van der Waals surface area contributed by atoms with E-state index in [1.54, 1.807) is 6.92 Å². The molecule has 0 radical (unpaired) electrons. The van der Waals surface area contributed by atoms with Gasteiger partial charge >= 0.3 is 0 Å². The van der Waals surface area contributed by atoms with Crippen LogP contribution in [0.3, 0.4) is 0 Å². The van der Waals surface area contributed by atoms with Crippen molar-refractivity contribution in [2.45, 2.75) is 13.3 Å². The third-order valence-electron chi connectivity index (χ3n) is 1.75. The number of ether oxygens (including phenoxy) is 1. The van der Waals surface area contributed by atoms with Crippen LogP contribution in [0.2, 0.25) is 0 Å². The van der Waals surface area contributed by atoms with Crippen molar-refractivity contribution < 1.29 is 22.8 Å². The number of nitrogens with one attached hydrogen (secondary N) is 1. The smallest absolute Gasteiger partial charge is 0.246 e. The second-order valence-electron chi connectivity index (χ2n) is 3.06. The third-order valence-corrected chi connectivity index (χ3v) is 1.95. The fourth-order valence-electron chi connectivity index (χ4n) is 0.816. The van der Waals surface area contributed by atoms with E-state index in [0.29, 0.717) is 12.8 Å². The highest BCUT2D eigenvalue weighted by Gasteiger charge is 2.12. The first-order valence-corrected chi connectivity index (χ1v) is 5.21. The summed E-state index contributed by atoms with van der Waals surface area (Å²) in [6.07, 6.45) is 0.0839. The van der Waals surface area contributed by atoms with Gasteiger partial charge in [-0.05, 0) is 12.8 Å². The Labute approximate surface area is 107 Å². The number of carbonyl (C=O) groups is 2. The lowest BCUT2D eigenvalue weighted by atomic mass is 10.1. The molecule has 1 amide bonds. The largest absolute Gasteiger partial charge is 0.380 e. The van der Waals surface area contributed by atoms with Gasteiger partial charge in [-0.2, -0.15) is 0 Å². The van der Waals surface area contributed by atoms with Gasteiger partial charge in [-0.15, -0.1) is 0 Å². The first-order chi connectivity index (χ1) is 8.61. The van der Waals surface area contributed by atoms with Gasteiger partial charge in [-0.3, -0.25) is 9.59 Å². The van der Waals surface area contributed by atoms with E-state index >= 15 is 0 Å². The zero-order valence-electron chi connectivity index (χ0n) is 10.8. The molecule has 0 rings (SSSR count). The fourth-order valence-corrected chi connectivity index (χ4v) is 1.02. The van der Waals surface area contributed by atoms with Crippen molar-refractivity contribution in [2.24, 2.45) is 5.92 Å². The van der Waals surface area contributed by atoms with Crippen LogP contribution in [0.5, 0.6) is 0 Å². The summed E-state index contributed by atoms with van der Waals surface area (Å²) in [6, 6.07) is 0. The monoisotopic (exact) mass is 273 g/mol. The first-order valence-electron chi connectivity index (χ1n) is 5.36. The van der Waals surface area contributed by atoms with Crippen molar-refractivity contribution in [2.75, 3.05) is 19.8 Å². The summed E-state index contributed by atoms with van der Waals surface area (Å²) in [5.74, 6) is -0.906. The number of rotatable bonds is 11. The molecular formula is C8H15NO5S2. The Bertz CT molecular complexity index is 260. The summed E-state index contributed by atoms with van der Waals surface area (Å²) in [4.78, 5) is 22.3. The fraction of sp³-hybridized carbons (Fsp3) is 0.750. The highest BCUT2D eigenvalue weighted by atomic mass is 32.1. The molecule has 0 heterocycles. The zero-order valence-corrected chi connectivity index (χ0v) is 10.4. The standard InChI is InChI=1S/C8H15NO5S2/c1-6(7(10)5-13-15)4-12-3-2-8(11)9-14-16/h6,15-16H,2-5H2,1H3,(H,9,11)/i/hT2. The number of amides is 1. The maximum absolute atomic E-state index is 11.3.